The molecule has 0 atom stereocenters. The topological polar surface area (TPSA) is 36.2 Å². The Morgan fingerprint density at radius 1 is 1.69 bits per heavy atom. The fourth-order valence-electron chi connectivity index (χ4n) is 0.784. The second-order valence-electron chi connectivity index (χ2n) is 2.64. The zero-order chi connectivity index (χ0) is 9.84. The Hall–Kier alpha value is -1.03. The van der Waals surface area contributed by atoms with E-state index in [1.807, 2.05) is 0 Å². The Balaban J connectivity index is 2.68. The van der Waals surface area contributed by atoms with Crippen LogP contribution in [0.2, 0.25) is 0 Å². The van der Waals surface area contributed by atoms with Gasteiger partial charge < -0.3 is 9.94 Å². The Bertz CT molecular complexity index is 325. The molecule has 0 bridgehead atoms. The van der Waals surface area contributed by atoms with Gasteiger partial charge in [-0.3, -0.25) is 0 Å². The van der Waals surface area contributed by atoms with Gasteiger partial charge in [-0.25, -0.2) is 0 Å². The summed E-state index contributed by atoms with van der Waals surface area (Å²) in [5, 5.41) is 11.1. The van der Waals surface area contributed by atoms with E-state index in [-0.39, 0.29) is 0 Å². The molecule has 1 aromatic heterocycles. The van der Waals surface area contributed by atoms with E-state index in [1.165, 1.54) is 6.20 Å². The number of hydrogen-bond acceptors (Lipinski definition) is 2. The number of rotatable bonds is 3. The number of nitrogens with zero attached hydrogens (tertiary/aromatic N) is 1. The molecule has 0 saturated heterocycles. The summed E-state index contributed by atoms with van der Waals surface area (Å²) in [6.07, 6.45) is 1.39. The standard InChI is InChI=1S/C9H10BrNO2/c1-7(10)6-13-9-4-3-8(2)11(12)5-9/h3-5H,1,6H2,2H3. The molecule has 0 fully saturated rings. The summed E-state index contributed by atoms with van der Waals surface area (Å²) in [6.45, 7) is 5.72. The predicted octanol–water partition coefficient (Wildman–Crippen LogP) is 1.92. The maximum Gasteiger partial charge on any atom is 0.222 e. The third kappa shape index (κ3) is 3.06. The molecule has 0 amide bonds. The van der Waals surface area contributed by atoms with Crippen molar-refractivity contribution in [1.29, 1.82) is 0 Å². The van der Waals surface area contributed by atoms with Crippen LogP contribution in [0.1, 0.15) is 5.69 Å². The fraction of sp³-hybridized carbons (Fsp3) is 0.222. The lowest BCUT2D eigenvalue weighted by molar-refractivity contribution is -0.612. The van der Waals surface area contributed by atoms with E-state index in [0.29, 0.717) is 18.1 Å². The summed E-state index contributed by atoms with van der Waals surface area (Å²) in [7, 11) is 0. The van der Waals surface area contributed by atoms with Gasteiger partial charge in [0, 0.05) is 17.5 Å². The molecule has 1 heterocycles. The monoisotopic (exact) mass is 243 g/mol. The van der Waals surface area contributed by atoms with E-state index in [1.54, 1.807) is 19.1 Å². The minimum atomic E-state index is 0.364. The van der Waals surface area contributed by atoms with Crippen molar-refractivity contribution in [1.82, 2.24) is 0 Å². The maximum atomic E-state index is 11.1. The van der Waals surface area contributed by atoms with Gasteiger partial charge in [-0.15, -0.1) is 0 Å². The van der Waals surface area contributed by atoms with Crippen LogP contribution in [-0.4, -0.2) is 6.61 Å². The molecule has 0 saturated carbocycles. The minimum absolute atomic E-state index is 0.364. The maximum absolute atomic E-state index is 11.1. The van der Waals surface area contributed by atoms with Crippen LogP contribution in [0, 0.1) is 12.1 Å². The van der Waals surface area contributed by atoms with Gasteiger partial charge in [-0.05, 0) is 6.07 Å². The quantitative estimate of drug-likeness (QED) is 0.601. The molecule has 0 aliphatic rings. The van der Waals surface area contributed by atoms with Gasteiger partial charge in [0.05, 0.1) is 0 Å². The van der Waals surface area contributed by atoms with Crippen molar-refractivity contribution in [2.45, 2.75) is 6.92 Å². The molecule has 0 N–H and O–H groups in total. The lowest BCUT2D eigenvalue weighted by atomic mass is 10.4. The molecule has 0 aliphatic heterocycles. The highest BCUT2D eigenvalue weighted by Crippen LogP contribution is 2.10. The van der Waals surface area contributed by atoms with Gasteiger partial charge in [0.1, 0.15) is 6.61 Å². The van der Waals surface area contributed by atoms with Crippen molar-refractivity contribution in [3.63, 3.8) is 0 Å². The molecule has 3 nitrogen and oxygen atoms in total. The number of aromatic nitrogens is 1. The van der Waals surface area contributed by atoms with Crippen molar-refractivity contribution in [3.05, 3.63) is 40.3 Å². The highest BCUT2D eigenvalue weighted by molar-refractivity contribution is 9.11. The SMILES string of the molecule is C=C(Br)COc1ccc(C)[n+]([O-])c1. The van der Waals surface area contributed by atoms with Crippen molar-refractivity contribution in [3.8, 4) is 5.75 Å². The van der Waals surface area contributed by atoms with Crippen LogP contribution in [0.25, 0.3) is 0 Å². The third-order valence-electron chi connectivity index (χ3n) is 1.48. The molecule has 0 unspecified atom stereocenters. The molecule has 1 aromatic rings. The van der Waals surface area contributed by atoms with Crippen LogP contribution < -0.4 is 9.47 Å². The Morgan fingerprint density at radius 3 is 2.92 bits per heavy atom. The molecule has 4 heteroatoms. The second kappa shape index (κ2) is 4.28. The van der Waals surface area contributed by atoms with Crippen molar-refractivity contribution >= 4 is 15.9 Å². The first kappa shape index (κ1) is 10.1. The molecule has 0 aliphatic carbocycles. The molecule has 0 aromatic carbocycles. The van der Waals surface area contributed by atoms with Crippen LogP contribution >= 0.6 is 15.9 Å². The number of halogens is 1. The molecule has 13 heavy (non-hydrogen) atoms. The van der Waals surface area contributed by atoms with Gasteiger partial charge in [0.25, 0.3) is 0 Å². The number of aryl methyl sites for hydroxylation is 1. The van der Waals surface area contributed by atoms with Crippen LogP contribution in [0.3, 0.4) is 0 Å². The van der Waals surface area contributed by atoms with Crippen LogP contribution in [-0.2, 0) is 0 Å². The van der Waals surface area contributed by atoms with Crippen molar-refractivity contribution in [2.75, 3.05) is 6.61 Å². The number of ether oxygens (including phenoxy) is 1. The Kier molecular flexibility index (Phi) is 3.31. The van der Waals surface area contributed by atoms with Crippen molar-refractivity contribution < 1.29 is 9.47 Å². The van der Waals surface area contributed by atoms with E-state index >= 15 is 0 Å². The van der Waals surface area contributed by atoms with Crippen LogP contribution in [0.4, 0.5) is 0 Å². The zero-order valence-corrected chi connectivity index (χ0v) is 8.87. The summed E-state index contributed by atoms with van der Waals surface area (Å²) >= 11 is 3.16. The lowest BCUT2D eigenvalue weighted by Crippen LogP contribution is -2.29. The van der Waals surface area contributed by atoms with Crippen LogP contribution in [0.15, 0.2) is 29.4 Å². The highest BCUT2D eigenvalue weighted by Gasteiger charge is 2.01. The summed E-state index contributed by atoms with van der Waals surface area (Å²) < 4.78 is 6.75. The van der Waals surface area contributed by atoms with E-state index in [9.17, 15) is 5.21 Å². The normalized spacial score (nSPS) is 9.69. The van der Waals surface area contributed by atoms with Crippen molar-refractivity contribution in [2.24, 2.45) is 0 Å². The average Bonchev–Trinajstić information content (AvgIpc) is 2.07. The minimum Gasteiger partial charge on any atom is -0.618 e. The molecule has 70 valence electrons. The first-order valence-corrected chi connectivity index (χ1v) is 4.55. The van der Waals surface area contributed by atoms with Gasteiger partial charge in [0.15, 0.2) is 11.4 Å². The number of pyridine rings is 1. The molecular weight excluding hydrogens is 234 g/mol. The lowest BCUT2D eigenvalue weighted by Gasteiger charge is -2.05. The summed E-state index contributed by atoms with van der Waals surface area (Å²) in [5.41, 5.74) is 0.644. The Morgan fingerprint density at radius 2 is 2.38 bits per heavy atom. The zero-order valence-electron chi connectivity index (χ0n) is 7.29. The molecule has 0 radical (unpaired) electrons. The van der Waals surface area contributed by atoms with Crippen LogP contribution in [0.5, 0.6) is 5.75 Å². The largest absolute Gasteiger partial charge is 0.618 e. The molecule has 0 spiro atoms. The molecule has 1 rings (SSSR count). The number of hydrogen-bond donors (Lipinski definition) is 0. The summed E-state index contributed by atoms with van der Waals surface area (Å²) in [4.78, 5) is 0. The molecular formula is C9H10BrNO2. The average molecular weight is 244 g/mol. The third-order valence-corrected chi connectivity index (χ3v) is 1.71. The van der Waals surface area contributed by atoms with Gasteiger partial charge in [-0.2, -0.15) is 4.73 Å². The van der Waals surface area contributed by atoms with E-state index in [2.05, 4.69) is 22.5 Å². The van der Waals surface area contributed by atoms with Gasteiger partial charge in [0.2, 0.25) is 6.20 Å². The highest BCUT2D eigenvalue weighted by atomic mass is 79.9. The first-order chi connectivity index (χ1) is 6.09. The fourth-order valence-corrected chi connectivity index (χ4v) is 0.898. The summed E-state index contributed by atoms with van der Waals surface area (Å²) in [5.74, 6) is 0.543. The summed E-state index contributed by atoms with van der Waals surface area (Å²) in [6, 6.07) is 3.46. The predicted molar refractivity (Wildman–Crippen MR) is 53.7 cm³/mol. The van der Waals surface area contributed by atoms with E-state index < -0.39 is 0 Å². The van der Waals surface area contributed by atoms with E-state index in [0.717, 1.165) is 9.21 Å². The smallest absolute Gasteiger partial charge is 0.222 e. The first-order valence-electron chi connectivity index (χ1n) is 3.75. The van der Waals surface area contributed by atoms with Gasteiger partial charge >= 0.3 is 0 Å². The van der Waals surface area contributed by atoms with Gasteiger partial charge in [-0.1, -0.05) is 22.5 Å². The Labute approximate surface area is 85.4 Å². The van der Waals surface area contributed by atoms with E-state index in [4.69, 9.17) is 4.74 Å². The second-order valence-corrected chi connectivity index (χ2v) is 3.76.